The summed E-state index contributed by atoms with van der Waals surface area (Å²) in [5.41, 5.74) is 1.03. The molecule has 6 heteroatoms. The number of hydrogen-bond acceptors (Lipinski definition) is 3. The van der Waals surface area contributed by atoms with Crippen LogP contribution in [0.3, 0.4) is 0 Å². The number of piperazine rings is 1. The van der Waals surface area contributed by atoms with Crippen LogP contribution in [-0.4, -0.2) is 53.7 Å². The molecule has 0 aromatic heterocycles. The summed E-state index contributed by atoms with van der Waals surface area (Å²) in [6.07, 6.45) is 1.51. The highest BCUT2D eigenvalue weighted by Crippen LogP contribution is 2.21. The fourth-order valence-electron chi connectivity index (χ4n) is 3.67. The molecule has 0 unspecified atom stereocenters. The van der Waals surface area contributed by atoms with Crippen molar-refractivity contribution in [2.24, 2.45) is 0 Å². The summed E-state index contributed by atoms with van der Waals surface area (Å²) < 4.78 is 41.3. The Kier molecular flexibility index (Phi) is 6.88. The molecule has 3 rings (SSSR count). The molecular formula is C21H25F3N2O. The first-order valence-electron chi connectivity index (χ1n) is 9.32. The van der Waals surface area contributed by atoms with Crippen LogP contribution in [0.1, 0.15) is 17.5 Å². The molecule has 1 heterocycles. The highest BCUT2D eigenvalue weighted by Gasteiger charge is 2.28. The van der Waals surface area contributed by atoms with Crippen molar-refractivity contribution in [2.45, 2.75) is 25.4 Å². The second-order valence-corrected chi connectivity index (χ2v) is 6.99. The first kappa shape index (κ1) is 19.9. The van der Waals surface area contributed by atoms with Crippen LogP contribution in [0, 0.1) is 17.5 Å². The zero-order valence-electron chi connectivity index (χ0n) is 15.3. The standard InChI is InChI=1S/C21H25F3N2O/c22-19-6-7-20(23)21(24)18(19)15-25-11-12-26(17(14-25)9-13-27)10-8-16-4-2-1-3-5-16/h1-7,17,27H,8-15H2/t17-/m1/s1. The van der Waals surface area contributed by atoms with Gasteiger partial charge in [-0.2, -0.15) is 0 Å². The van der Waals surface area contributed by atoms with Crippen LogP contribution in [0.25, 0.3) is 0 Å². The number of aliphatic hydroxyl groups is 1. The lowest BCUT2D eigenvalue weighted by atomic mass is 10.1. The maximum absolute atomic E-state index is 14.0. The lowest BCUT2D eigenvalue weighted by Gasteiger charge is -2.41. The highest BCUT2D eigenvalue weighted by molar-refractivity contribution is 5.21. The maximum atomic E-state index is 14.0. The van der Waals surface area contributed by atoms with Crippen LogP contribution < -0.4 is 0 Å². The van der Waals surface area contributed by atoms with Gasteiger partial charge in [-0.1, -0.05) is 30.3 Å². The molecule has 2 aromatic rings. The Morgan fingerprint density at radius 2 is 1.70 bits per heavy atom. The van der Waals surface area contributed by atoms with E-state index in [1.807, 2.05) is 23.1 Å². The van der Waals surface area contributed by atoms with Crippen molar-refractivity contribution < 1.29 is 18.3 Å². The van der Waals surface area contributed by atoms with Crippen LogP contribution in [-0.2, 0) is 13.0 Å². The molecule has 2 aromatic carbocycles. The van der Waals surface area contributed by atoms with E-state index in [0.717, 1.165) is 31.6 Å². The molecule has 1 N–H and O–H groups in total. The van der Waals surface area contributed by atoms with E-state index in [4.69, 9.17) is 0 Å². The van der Waals surface area contributed by atoms with Crippen molar-refractivity contribution in [3.8, 4) is 0 Å². The van der Waals surface area contributed by atoms with Crippen LogP contribution in [0.4, 0.5) is 13.2 Å². The Hall–Kier alpha value is -1.89. The minimum Gasteiger partial charge on any atom is -0.396 e. The molecule has 146 valence electrons. The zero-order valence-corrected chi connectivity index (χ0v) is 15.3. The summed E-state index contributed by atoms with van der Waals surface area (Å²) in [5, 5.41) is 9.41. The Morgan fingerprint density at radius 3 is 2.44 bits per heavy atom. The predicted octanol–water partition coefficient (Wildman–Crippen LogP) is 3.22. The molecule has 3 nitrogen and oxygen atoms in total. The molecule has 1 aliphatic rings. The quantitative estimate of drug-likeness (QED) is 0.750. The van der Waals surface area contributed by atoms with Crippen molar-refractivity contribution in [3.05, 3.63) is 71.0 Å². The van der Waals surface area contributed by atoms with Gasteiger partial charge in [-0.15, -0.1) is 0 Å². The van der Waals surface area contributed by atoms with E-state index in [0.29, 0.717) is 19.5 Å². The largest absolute Gasteiger partial charge is 0.396 e. The maximum Gasteiger partial charge on any atom is 0.166 e. The number of halogens is 3. The van der Waals surface area contributed by atoms with Gasteiger partial charge < -0.3 is 5.11 Å². The number of aliphatic hydroxyl groups excluding tert-OH is 1. The van der Waals surface area contributed by atoms with Crippen molar-refractivity contribution in [3.63, 3.8) is 0 Å². The molecule has 27 heavy (non-hydrogen) atoms. The van der Waals surface area contributed by atoms with Gasteiger partial charge in [0.2, 0.25) is 0 Å². The summed E-state index contributed by atoms with van der Waals surface area (Å²) in [6.45, 7) is 2.94. The van der Waals surface area contributed by atoms with E-state index in [-0.39, 0.29) is 24.8 Å². The molecule has 1 saturated heterocycles. The van der Waals surface area contributed by atoms with Gasteiger partial charge in [-0.25, -0.2) is 13.2 Å². The van der Waals surface area contributed by atoms with Gasteiger partial charge in [0.1, 0.15) is 5.82 Å². The van der Waals surface area contributed by atoms with Crippen LogP contribution in [0.15, 0.2) is 42.5 Å². The predicted molar refractivity (Wildman–Crippen MR) is 98.8 cm³/mol. The first-order valence-corrected chi connectivity index (χ1v) is 9.32. The molecule has 1 atom stereocenters. The van der Waals surface area contributed by atoms with Crippen LogP contribution >= 0.6 is 0 Å². The zero-order chi connectivity index (χ0) is 19.2. The Morgan fingerprint density at radius 1 is 0.963 bits per heavy atom. The topological polar surface area (TPSA) is 26.7 Å². The molecule has 1 fully saturated rings. The number of nitrogens with zero attached hydrogens (tertiary/aromatic N) is 2. The molecule has 1 aliphatic heterocycles. The van der Waals surface area contributed by atoms with E-state index in [9.17, 15) is 18.3 Å². The van der Waals surface area contributed by atoms with Crippen molar-refractivity contribution >= 4 is 0 Å². The average molecular weight is 378 g/mol. The third-order valence-corrected chi connectivity index (χ3v) is 5.20. The lowest BCUT2D eigenvalue weighted by Crippen LogP contribution is -2.53. The number of hydrogen-bond donors (Lipinski definition) is 1. The smallest absolute Gasteiger partial charge is 0.166 e. The van der Waals surface area contributed by atoms with Crippen molar-refractivity contribution in [2.75, 3.05) is 32.8 Å². The van der Waals surface area contributed by atoms with Gasteiger partial charge >= 0.3 is 0 Å². The Labute approximate surface area is 158 Å². The van der Waals surface area contributed by atoms with Gasteiger partial charge in [-0.05, 0) is 30.5 Å². The summed E-state index contributed by atoms with van der Waals surface area (Å²) in [6, 6.07) is 12.1. The van der Waals surface area contributed by atoms with E-state index in [2.05, 4.69) is 17.0 Å². The minimum absolute atomic E-state index is 0.0316. The average Bonchev–Trinajstić information content (AvgIpc) is 2.68. The van der Waals surface area contributed by atoms with Crippen LogP contribution in [0.5, 0.6) is 0 Å². The first-order chi connectivity index (χ1) is 13.1. The number of rotatable bonds is 7. The molecule has 0 saturated carbocycles. The molecule has 0 bridgehead atoms. The fourth-order valence-corrected chi connectivity index (χ4v) is 3.67. The summed E-state index contributed by atoms with van der Waals surface area (Å²) >= 11 is 0. The fraction of sp³-hybridized carbons (Fsp3) is 0.429. The summed E-state index contributed by atoms with van der Waals surface area (Å²) in [4.78, 5) is 4.25. The minimum atomic E-state index is -1.11. The molecule has 0 radical (unpaired) electrons. The van der Waals surface area contributed by atoms with Crippen LogP contribution in [0.2, 0.25) is 0 Å². The highest BCUT2D eigenvalue weighted by atomic mass is 19.2. The third kappa shape index (κ3) is 5.09. The lowest BCUT2D eigenvalue weighted by molar-refractivity contribution is 0.0550. The van der Waals surface area contributed by atoms with E-state index < -0.39 is 17.5 Å². The van der Waals surface area contributed by atoms with E-state index >= 15 is 0 Å². The van der Waals surface area contributed by atoms with Crippen molar-refractivity contribution in [1.82, 2.24) is 9.80 Å². The number of benzene rings is 2. The second-order valence-electron chi connectivity index (χ2n) is 6.99. The van der Waals surface area contributed by atoms with Gasteiger partial charge in [0.25, 0.3) is 0 Å². The third-order valence-electron chi connectivity index (χ3n) is 5.20. The second kappa shape index (κ2) is 9.35. The van der Waals surface area contributed by atoms with Crippen molar-refractivity contribution in [1.29, 1.82) is 0 Å². The normalized spacial score (nSPS) is 18.7. The summed E-state index contributed by atoms with van der Waals surface area (Å²) in [7, 11) is 0. The molecule has 0 spiro atoms. The summed E-state index contributed by atoms with van der Waals surface area (Å²) in [5.74, 6) is -2.86. The molecular weight excluding hydrogens is 353 g/mol. The van der Waals surface area contributed by atoms with Gasteiger partial charge in [0, 0.05) is 50.9 Å². The van der Waals surface area contributed by atoms with E-state index in [1.165, 1.54) is 5.56 Å². The molecule has 0 aliphatic carbocycles. The van der Waals surface area contributed by atoms with Gasteiger partial charge in [0.05, 0.1) is 0 Å². The SMILES string of the molecule is OCC[C@@H]1CN(Cc2c(F)ccc(F)c2F)CCN1CCc1ccccc1. The Bertz CT molecular complexity index is 742. The van der Waals surface area contributed by atoms with E-state index in [1.54, 1.807) is 0 Å². The Balaban J connectivity index is 1.63. The van der Waals surface area contributed by atoms with Gasteiger partial charge in [0.15, 0.2) is 11.6 Å². The monoisotopic (exact) mass is 378 g/mol. The molecule has 0 amide bonds. The van der Waals surface area contributed by atoms with Gasteiger partial charge in [-0.3, -0.25) is 9.80 Å².